The molecular weight excluding hydrogens is 440 g/mol. The summed E-state index contributed by atoms with van der Waals surface area (Å²) >= 11 is 6.08. The van der Waals surface area contributed by atoms with Crippen LogP contribution in [0.2, 0.25) is 5.02 Å². The standard InChI is InChI=1S/C25H37ClN4O3/c26-20-7-8-23-22(19-20)30(17-18-33-23)25(32)10-9-24(31)27-11-4-12-28-13-15-29(16-14-28)21-5-2-1-3-6-21/h7-8,19,21H,1-6,9-18H2,(H,27,31). The first kappa shape index (κ1) is 24.3. The highest BCUT2D eigenvalue weighted by Gasteiger charge is 2.26. The second kappa shape index (κ2) is 12.0. The first-order valence-electron chi connectivity index (χ1n) is 12.6. The maximum Gasteiger partial charge on any atom is 0.227 e. The van der Waals surface area contributed by atoms with E-state index < -0.39 is 0 Å². The fourth-order valence-electron chi connectivity index (χ4n) is 5.22. The highest BCUT2D eigenvalue weighted by molar-refractivity contribution is 6.31. The van der Waals surface area contributed by atoms with Crippen LogP contribution in [-0.2, 0) is 9.59 Å². The number of nitrogens with one attached hydrogen (secondary N) is 1. The summed E-state index contributed by atoms with van der Waals surface area (Å²) < 4.78 is 5.60. The van der Waals surface area contributed by atoms with Crippen molar-refractivity contribution in [3.63, 3.8) is 0 Å². The third-order valence-electron chi connectivity index (χ3n) is 7.12. The van der Waals surface area contributed by atoms with E-state index in [1.807, 2.05) is 0 Å². The van der Waals surface area contributed by atoms with Crippen molar-refractivity contribution >= 4 is 29.1 Å². The zero-order valence-corrected chi connectivity index (χ0v) is 20.3. The number of anilines is 1. The number of amides is 2. The van der Waals surface area contributed by atoms with Crippen molar-refractivity contribution in [2.24, 2.45) is 0 Å². The van der Waals surface area contributed by atoms with E-state index in [9.17, 15) is 9.59 Å². The molecule has 0 atom stereocenters. The zero-order chi connectivity index (χ0) is 23.0. The molecule has 0 radical (unpaired) electrons. The van der Waals surface area contributed by atoms with Gasteiger partial charge in [-0.25, -0.2) is 0 Å². The average molecular weight is 477 g/mol. The lowest BCUT2D eigenvalue weighted by atomic mass is 9.94. The topological polar surface area (TPSA) is 65.1 Å². The van der Waals surface area contributed by atoms with Gasteiger partial charge in [0.05, 0.1) is 12.2 Å². The number of piperazine rings is 1. The molecule has 1 N–H and O–H groups in total. The Balaban J connectivity index is 1.09. The third kappa shape index (κ3) is 6.84. The Labute approximate surface area is 202 Å². The van der Waals surface area contributed by atoms with Gasteiger partial charge in [0.25, 0.3) is 0 Å². The maximum atomic E-state index is 12.7. The van der Waals surface area contributed by atoms with Gasteiger partial charge in [0, 0.05) is 56.6 Å². The Hall–Kier alpha value is -1.83. The number of ether oxygens (including phenoxy) is 1. The van der Waals surface area contributed by atoms with Gasteiger partial charge in [-0.15, -0.1) is 0 Å². The molecule has 3 aliphatic rings. The molecule has 0 spiro atoms. The van der Waals surface area contributed by atoms with Crippen LogP contribution in [0.1, 0.15) is 51.4 Å². The number of carbonyl (C=O) groups is 2. The summed E-state index contributed by atoms with van der Waals surface area (Å²) in [6, 6.07) is 6.08. The molecule has 7 nitrogen and oxygen atoms in total. The Morgan fingerprint density at radius 1 is 1.03 bits per heavy atom. The molecule has 8 heteroatoms. The quantitative estimate of drug-likeness (QED) is 0.583. The fourth-order valence-corrected chi connectivity index (χ4v) is 5.39. The molecule has 1 aromatic rings. The normalized spacial score (nSPS) is 20.2. The summed E-state index contributed by atoms with van der Waals surface area (Å²) in [6.45, 7) is 7.20. The summed E-state index contributed by atoms with van der Waals surface area (Å²) in [4.78, 5) is 31.8. The van der Waals surface area contributed by atoms with Gasteiger partial charge in [-0.1, -0.05) is 30.9 Å². The Kier molecular flexibility index (Phi) is 8.87. The van der Waals surface area contributed by atoms with Crippen molar-refractivity contribution < 1.29 is 14.3 Å². The first-order valence-corrected chi connectivity index (χ1v) is 12.9. The number of benzene rings is 1. The minimum atomic E-state index is -0.0761. The van der Waals surface area contributed by atoms with E-state index in [4.69, 9.17) is 16.3 Å². The van der Waals surface area contributed by atoms with Gasteiger partial charge >= 0.3 is 0 Å². The lowest BCUT2D eigenvalue weighted by Gasteiger charge is -2.40. The summed E-state index contributed by atoms with van der Waals surface area (Å²) in [5, 5.41) is 3.54. The molecular formula is C25H37ClN4O3. The molecule has 2 heterocycles. The van der Waals surface area contributed by atoms with Crippen LogP contribution in [0.3, 0.4) is 0 Å². The number of hydrogen-bond donors (Lipinski definition) is 1. The van der Waals surface area contributed by atoms with Gasteiger partial charge in [-0.2, -0.15) is 0 Å². The van der Waals surface area contributed by atoms with Crippen molar-refractivity contribution in [1.82, 2.24) is 15.1 Å². The van der Waals surface area contributed by atoms with Gasteiger partial charge in [-0.3, -0.25) is 14.5 Å². The Morgan fingerprint density at radius 3 is 2.61 bits per heavy atom. The highest BCUT2D eigenvalue weighted by Crippen LogP contribution is 2.34. The van der Waals surface area contributed by atoms with Crippen LogP contribution in [-0.4, -0.2) is 80.1 Å². The minimum Gasteiger partial charge on any atom is -0.490 e. The Bertz CT molecular complexity index is 807. The van der Waals surface area contributed by atoms with E-state index in [-0.39, 0.29) is 24.7 Å². The summed E-state index contributed by atoms with van der Waals surface area (Å²) in [5.41, 5.74) is 0.683. The molecule has 0 aromatic heterocycles. The molecule has 2 fully saturated rings. The largest absolute Gasteiger partial charge is 0.490 e. The predicted molar refractivity (Wildman–Crippen MR) is 131 cm³/mol. The number of carbonyl (C=O) groups excluding carboxylic acids is 2. The maximum absolute atomic E-state index is 12.7. The lowest BCUT2D eigenvalue weighted by Crippen LogP contribution is -2.51. The molecule has 0 unspecified atom stereocenters. The first-order chi connectivity index (χ1) is 16.1. The monoisotopic (exact) mass is 476 g/mol. The minimum absolute atomic E-state index is 0.0648. The molecule has 2 aliphatic heterocycles. The van der Waals surface area contributed by atoms with E-state index in [0.29, 0.717) is 36.2 Å². The third-order valence-corrected chi connectivity index (χ3v) is 7.36. The van der Waals surface area contributed by atoms with Crippen LogP contribution in [0.5, 0.6) is 5.75 Å². The second-order valence-electron chi connectivity index (χ2n) is 9.38. The van der Waals surface area contributed by atoms with Crippen LogP contribution >= 0.6 is 11.6 Å². The van der Waals surface area contributed by atoms with E-state index in [1.165, 1.54) is 45.2 Å². The van der Waals surface area contributed by atoms with Crippen LogP contribution in [0.4, 0.5) is 5.69 Å². The van der Waals surface area contributed by atoms with Crippen molar-refractivity contribution in [3.8, 4) is 5.75 Å². The second-order valence-corrected chi connectivity index (χ2v) is 9.82. The average Bonchev–Trinajstić information content (AvgIpc) is 2.85. The summed E-state index contributed by atoms with van der Waals surface area (Å²) in [5.74, 6) is 0.515. The van der Waals surface area contributed by atoms with Crippen LogP contribution in [0.25, 0.3) is 0 Å². The molecule has 0 bridgehead atoms. The van der Waals surface area contributed by atoms with Gasteiger partial charge in [-0.05, 0) is 44.0 Å². The van der Waals surface area contributed by atoms with Crippen molar-refractivity contribution in [3.05, 3.63) is 23.2 Å². The van der Waals surface area contributed by atoms with E-state index in [2.05, 4.69) is 15.1 Å². The van der Waals surface area contributed by atoms with Gasteiger partial charge in [0.15, 0.2) is 0 Å². The molecule has 33 heavy (non-hydrogen) atoms. The van der Waals surface area contributed by atoms with E-state index in [0.717, 1.165) is 32.1 Å². The van der Waals surface area contributed by atoms with Gasteiger partial charge in [0.2, 0.25) is 11.8 Å². The van der Waals surface area contributed by atoms with Gasteiger partial charge in [0.1, 0.15) is 12.4 Å². The van der Waals surface area contributed by atoms with Crippen molar-refractivity contribution in [2.45, 2.75) is 57.4 Å². The van der Waals surface area contributed by atoms with Crippen molar-refractivity contribution in [2.75, 3.05) is 57.3 Å². The Morgan fingerprint density at radius 2 is 1.82 bits per heavy atom. The number of fused-ring (bicyclic) bond motifs is 1. The van der Waals surface area contributed by atoms with Gasteiger partial charge < -0.3 is 19.9 Å². The van der Waals surface area contributed by atoms with Crippen LogP contribution in [0.15, 0.2) is 18.2 Å². The molecule has 4 rings (SSSR count). The fraction of sp³-hybridized carbons (Fsp3) is 0.680. The molecule has 1 aliphatic carbocycles. The van der Waals surface area contributed by atoms with E-state index >= 15 is 0 Å². The van der Waals surface area contributed by atoms with Crippen LogP contribution < -0.4 is 15.0 Å². The summed E-state index contributed by atoms with van der Waals surface area (Å²) in [6.07, 6.45) is 8.27. The lowest BCUT2D eigenvalue weighted by molar-refractivity contribution is -0.125. The number of hydrogen-bond acceptors (Lipinski definition) is 5. The molecule has 1 saturated carbocycles. The van der Waals surface area contributed by atoms with Crippen LogP contribution in [0, 0.1) is 0 Å². The number of halogens is 1. The van der Waals surface area contributed by atoms with E-state index in [1.54, 1.807) is 23.1 Å². The summed E-state index contributed by atoms with van der Waals surface area (Å²) in [7, 11) is 0. The number of rotatable bonds is 8. The van der Waals surface area contributed by atoms with Crippen molar-refractivity contribution in [1.29, 1.82) is 0 Å². The molecule has 2 amide bonds. The predicted octanol–water partition coefficient (Wildman–Crippen LogP) is 3.30. The molecule has 182 valence electrons. The smallest absolute Gasteiger partial charge is 0.227 e. The SMILES string of the molecule is O=C(CCC(=O)N1CCOc2ccc(Cl)cc21)NCCCN1CCN(C2CCCCC2)CC1. The highest BCUT2D eigenvalue weighted by atomic mass is 35.5. The zero-order valence-electron chi connectivity index (χ0n) is 19.6. The number of nitrogens with zero attached hydrogens (tertiary/aromatic N) is 3. The molecule has 1 saturated heterocycles. The molecule has 1 aromatic carbocycles.